The Balaban J connectivity index is 3.11. The summed E-state index contributed by atoms with van der Waals surface area (Å²) in [5, 5.41) is 10.1. The molecule has 16 heavy (non-hydrogen) atoms. The fourth-order valence-corrected chi connectivity index (χ4v) is 3.78. The van der Waals surface area contributed by atoms with Crippen molar-refractivity contribution in [3.8, 4) is 0 Å². The minimum atomic E-state index is -0.223. The van der Waals surface area contributed by atoms with Crippen molar-refractivity contribution in [2.75, 3.05) is 0 Å². The summed E-state index contributed by atoms with van der Waals surface area (Å²) in [6.07, 6.45) is 3.56. The number of aliphatic hydroxyl groups is 1. The van der Waals surface area contributed by atoms with E-state index >= 15 is 0 Å². The van der Waals surface area contributed by atoms with Gasteiger partial charge in [-0.2, -0.15) is 0 Å². The van der Waals surface area contributed by atoms with E-state index in [1.165, 1.54) is 19.3 Å². The summed E-state index contributed by atoms with van der Waals surface area (Å²) in [5.74, 6) is 0.679. The van der Waals surface area contributed by atoms with Gasteiger partial charge in [-0.3, -0.25) is 0 Å². The Morgan fingerprint density at radius 2 is 1.56 bits per heavy atom. The molecule has 0 aromatic carbocycles. The fourth-order valence-electron chi connectivity index (χ4n) is 3.78. The summed E-state index contributed by atoms with van der Waals surface area (Å²) < 4.78 is 0. The van der Waals surface area contributed by atoms with Gasteiger partial charge in [-0.05, 0) is 48.3 Å². The molecule has 96 valence electrons. The second kappa shape index (κ2) is 4.01. The maximum atomic E-state index is 10.1. The largest absolute Gasteiger partial charge is 0.393 e. The Hall–Kier alpha value is -0.0400. The molecule has 1 saturated carbocycles. The summed E-state index contributed by atoms with van der Waals surface area (Å²) in [7, 11) is 0. The van der Waals surface area contributed by atoms with E-state index in [2.05, 4.69) is 41.5 Å². The molecular weight excluding hydrogens is 196 g/mol. The Bertz CT molecular complexity index is 248. The predicted molar refractivity (Wildman–Crippen MR) is 70.4 cm³/mol. The van der Waals surface area contributed by atoms with E-state index in [-0.39, 0.29) is 11.5 Å². The van der Waals surface area contributed by atoms with Crippen molar-refractivity contribution in [2.24, 2.45) is 22.2 Å². The smallest absolute Gasteiger partial charge is 0.0568 e. The number of aliphatic hydroxyl groups excluding tert-OH is 1. The molecule has 1 N–H and O–H groups in total. The monoisotopic (exact) mass is 226 g/mol. The standard InChI is InChI=1S/C15H30O/c1-8-14(7,11(2)3)15(9-10-15)13(5,6)12(4)16/h11-12,16H,8-10H2,1-7H3. The van der Waals surface area contributed by atoms with Crippen LogP contribution < -0.4 is 0 Å². The van der Waals surface area contributed by atoms with Crippen molar-refractivity contribution < 1.29 is 5.11 Å². The van der Waals surface area contributed by atoms with Gasteiger partial charge in [0.2, 0.25) is 0 Å². The molecule has 0 amide bonds. The van der Waals surface area contributed by atoms with Gasteiger partial charge in [0, 0.05) is 0 Å². The van der Waals surface area contributed by atoms with Crippen molar-refractivity contribution in [1.82, 2.24) is 0 Å². The lowest BCUT2D eigenvalue weighted by Crippen LogP contribution is -2.48. The lowest BCUT2D eigenvalue weighted by atomic mass is 9.54. The Labute approximate surface area is 102 Å². The summed E-state index contributed by atoms with van der Waals surface area (Å²) >= 11 is 0. The van der Waals surface area contributed by atoms with Gasteiger partial charge in [-0.1, -0.05) is 41.5 Å². The average molecular weight is 226 g/mol. The van der Waals surface area contributed by atoms with Gasteiger partial charge in [-0.15, -0.1) is 0 Å². The highest BCUT2D eigenvalue weighted by Gasteiger charge is 2.65. The highest BCUT2D eigenvalue weighted by Crippen LogP contribution is 2.71. The highest BCUT2D eigenvalue weighted by atomic mass is 16.3. The van der Waals surface area contributed by atoms with E-state index in [1.54, 1.807) is 0 Å². The highest BCUT2D eigenvalue weighted by molar-refractivity contribution is 5.14. The molecule has 1 rings (SSSR count). The maximum Gasteiger partial charge on any atom is 0.0568 e. The molecule has 1 fully saturated rings. The van der Waals surface area contributed by atoms with Crippen LogP contribution in [0.2, 0.25) is 0 Å². The molecule has 0 aliphatic heterocycles. The van der Waals surface area contributed by atoms with Crippen LogP contribution in [0.25, 0.3) is 0 Å². The van der Waals surface area contributed by atoms with Crippen LogP contribution in [0.3, 0.4) is 0 Å². The third kappa shape index (κ3) is 1.63. The molecule has 0 aromatic rings. The van der Waals surface area contributed by atoms with E-state index in [0.717, 1.165) is 0 Å². The zero-order valence-electron chi connectivity index (χ0n) is 12.2. The van der Waals surface area contributed by atoms with Gasteiger partial charge in [0.15, 0.2) is 0 Å². The first-order chi connectivity index (χ1) is 7.15. The van der Waals surface area contributed by atoms with Crippen LogP contribution in [-0.4, -0.2) is 11.2 Å². The Kier molecular flexibility index (Phi) is 3.52. The first-order valence-electron chi connectivity index (χ1n) is 6.84. The van der Waals surface area contributed by atoms with Crippen LogP contribution in [0.15, 0.2) is 0 Å². The minimum absolute atomic E-state index is 0.0298. The topological polar surface area (TPSA) is 20.2 Å². The maximum absolute atomic E-state index is 10.1. The zero-order valence-corrected chi connectivity index (χ0v) is 12.2. The third-order valence-corrected chi connectivity index (χ3v) is 6.13. The zero-order chi connectivity index (χ0) is 12.8. The average Bonchev–Trinajstić information content (AvgIpc) is 2.97. The van der Waals surface area contributed by atoms with E-state index in [4.69, 9.17) is 0 Å². The van der Waals surface area contributed by atoms with Crippen LogP contribution in [-0.2, 0) is 0 Å². The van der Waals surface area contributed by atoms with Gasteiger partial charge >= 0.3 is 0 Å². The molecule has 2 atom stereocenters. The van der Waals surface area contributed by atoms with Crippen LogP contribution in [0.1, 0.15) is 67.7 Å². The van der Waals surface area contributed by atoms with Crippen LogP contribution in [0, 0.1) is 22.2 Å². The minimum Gasteiger partial charge on any atom is -0.393 e. The second-order valence-electron chi connectivity index (χ2n) is 6.91. The molecule has 0 spiro atoms. The molecule has 0 saturated heterocycles. The first kappa shape index (κ1) is 14.0. The normalized spacial score (nSPS) is 25.3. The molecule has 0 heterocycles. The van der Waals surface area contributed by atoms with Crippen molar-refractivity contribution in [1.29, 1.82) is 0 Å². The summed E-state index contributed by atoms with van der Waals surface area (Å²) in [5.41, 5.74) is 0.729. The van der Waals surface area contributed by atoms with Crippen molar-refractivity contribution in [3.63, 3.8) is 0 Å². The van der Waals surface area contributed by atoms with Gasteiger partial charge in [0.05, 0.1) is 6.10 Å². The number of hydrogen-bond donors (Lipinski definition) is 1. The van der Waals surface area contributed by atoms with E-state index in [1.807, 2.05) is 6.92 Å². The molecule has 0 bridgehead atoms. The van der Waals surface area contributed by atoms with Gasteiger partial charge in [-0.25, -0.2) is 0 Å². The van der Waals surface area contributed by atoms with E-state index in [0.29, 0.717) is 16.7 Å². The lowest BCUT2D eigenvalue weighted by molar-refractivity contribution is -0.0748. The molecule has 0 radical (unpaired) electrons. The lowest BCUT2D eigenvalue weighted by Gasteiger charge is -2.51. The van der Waals surface area contributed by atoms with E-state index in [9.17, 15) is 5.11 Å². The summed E-state index contributed by atoms with van der Waals surface area (Å²) in [6.45, 7) is 15.9. The Morgan fingerprint density at radius 3 is 1.75 bits per heavy atom. The van der Waals surface area contributed by atoms with Gasteiger partial charge in [0.1, 0.15) is 0 Å². The van der Waals surface area contributed by atoms with Gasteiger partial charge in [0.25, 0.3) is 0 Å². The molecule has 1 aliphatic carbocycles. The first-order valence-corrected chi connectivity index (χ1v) is 6.84. The third-order valence-electron chi connectivity index (χ3n) is 6.13. The van der Waals surface area contributed by atoms with Crippen LogP contribution in [0.5, 0.6) is 0 Å². The SMILES string of the molecule is CCC(C)(C(C)C)C1(C(C)(C)C(C)O)CC1. The molecule has 2 unspecified atom stereocenters. The van der Waals surface area contributed by atoms with Crippen molar-refractivity contribution in [3.05, 3.63) is 0 Å². The molecule has 1 nitrogen and oxygen atoms in total. The summed E-state index contributed by atoms with van der Waals surface area (Å²) in [4.78, 5) is 0. The van der Waals surface area contributed by atoms with Crippen molar-refractivity contribution >= 4 is 0 Å². The fraction of sp³-hybridized carbons (Fsp3) is 1.00. The molecular formula is C15H30O. The van der Waals surface area contributed by atoms with Crippen LogP contribution >= 0.6 is 0 Å². The molecule has 0 aromatic heterocycles. The molecule has 1 aliphatic rings. The number of hydrogen-bond acceptors (Lipinski definition) is 1. The number of rotatable bonds is 5. The van der Waals surface area contributed by atoms with Crippen LogP contribution in [0.4, 0.5) is 0 Å². The summed E-state index contributed by atoms with van der Waals surface area (Å²) in [6, 6.07) is 0. The quantitative estimate of drug-likeness (QED) is 0.743. The molecule has 1 heteroatoms. The second-order valence-corrected chi connectivity index (χ2v) is 6.91. The Morgan fingerprint density at radius 1 is 1.12 bits per heavy atom. The van der Waals surface area contributed by atoms with E-state index < -0.39 is 0 Å². The van der Waals surface area contributed by atoms with Gasteiger partial charge < -0.3 is 5.11 Å². The predicted octanol–water partition coefficient (Wildman–Crippen LogP) is 4.25. The van der Waals surface area contributed by atoms with Crippen molar-refractivity contribution in [2.45, 2.75) is 73.8 Å².